The largest absolute Gasteiger partial charge is 0.496 e. The van der Waals surface area contributed by atoms with Crippen LogP contribution in [-0.2, 0) is 35.8 Å². The van der Waals surface area contributed by atoms with Crippen molar-refractivity contribution in [2.45, 2.75) is 33.1 Å². The second-order valence-electron chi connectivity index (χ2n) is 9.49. The zero-order valence-corrected chi connectivity index (χ0v) is 23.3. The number of benzene rings is 2. The number of aromatic hydroxyl groups is 1. The SMILES string of the molecule is CCOc1nc(N)c2nc(O)n(Cc3ccc(CNCc4ccc(CN(CC(=O)O)CC(=O)O)cc4)cc3OC)c2n1. The average Bonchev–Trinajstić information content (AvgIpc) is 3.25. The van der Waals surface area contributed by atoms with E-state index in [0.29, 0.717) is 31.1 Å². The highest BCUT2D eigenvalue weighted by Crippen LogP contribution is 2.28. The number of imidazole rings is 1. The van der Waals surface area contributed by atoms with Gasteiger partial charge in [0.05, 0.1) is 33.4 Å². The maximum Gasteiger partial charge on any atom is 0.320 e. The highest BCUT2D eigenvalue weighted by molar-refractivity contribution is 5.83. The van der Waals surface area contributed by atoms with Crippen LogP contribution in [0.3, 0.4) is 0 Å². The van der Waals surface area contributed by atoms with E-state index in [2.05, 4.69) is 20.3 Å². The van der Waals surface area contributed by atoms with Gasteiger partial charge in [-0.1, -0.05) is 36.4 Å². The van der Waals surface area contributed by atoms with Crippen LogP contribution in [0.1, 0.15) is 29.2 Å². The molecule has 0 unspecified atom stereocenters. The van der Waals surface area contributed by atoms with Crippen molar-refractivity contribution in [2.24, 2.45) is 0 Å². The first-order valence-corrected chi connectivity index (χ1v) is 13.1. The minimum Gasteiger partial charge on any atom is -0.496 e. The van der Waals surface area contributed by atoms with Crippen molar-refractivity contribution in [1.29, 1.82) is 0 Å². The number of fused-ring (bicyclic) bond motifs is 1. The molecular formula is C28H33N7O7. The maximum atomic E-state index is 11.0. The minimum atomic E-state index is -1.08. The van der Waals surface area contributed by atoms with Crippen molar-refractivity contribution in [2.75, 3.05) is 32.5 Å². The number of hydrogen-bond donors (Lipinski definition) is 5. The van der Waals surface area contributed by atoms with Crippen LogP contribution in [0.5, 0.6) is 17.8 Å². The van der Waals surface area contributed by atoms with E-state index in [4.69, 9.17) is 25.4 Å². The number of aromatic nitrogens is 4. The van der Waals surface area contributed by atoms with Gasteiger partial charge in [0.2, 0.25) is 0 Å². The molecule has 6 N–H and O–H groups in total. The summed E-state index contributed by atoms with van der Waals surface area (Å²) in [4.78, 5) is 35.9. The molecule has 4 aromatic rings. The summed E-state index contributed by atoms with van der Waals surface area (Å²) in [5.41, 5.74) is 10.2. The lowest BCUT2D eigenvalue weighted by Crippen LogP contribution is -2.33. The molecule has 0 aliphatic rings. The lowest BCUT2D eigenvalue weighted by Gasteiger charge is -2.18. The first-order chi connectivity index (χ1) is 20.2. The Morgan fingerprint density at radius 1 is 0.976 bits per heavy atom. The normalized spacial score (nSPS) is 11.2. The van der Waals surface area contributed by atoms with Crippen LogP contribution < -0.4 is 20.5 Å². The lowest BCUT2D eigenvalue weighted by molar-refractivity contribution is -0.142. The molecule has 2 aromatic carbocycles. The van der Waals surface area contributed by atoms with E-state index in [1.165, 1.54) is 9.47 Å². The summed E-state index contributed by atoms with van der Waals surface area (Å²) in [6, 6.07) is 13.2. The molecule has 0 atom stereocenters. The van der Waals surface area contributed by atoms with Gasteiger partial charge < -0.3 is 35.8 Å². The van der Waals surface area contributed by atoms with E-state index in [1.807, 2.05) is 49.4 Å². The number of methoxy groups -OCH3 is 1. The molecule has 42 heavy (non-hydrogen) atoms. The molecule has 0 aliphatic carbocycles. The van der Waals surface area contributed by atoms with Gasteiger partial charge in [0.1, 0.15) is 5.75 Å². The van der Waals surface area contributed by atoms with Crippen LogP contribution >= 0.6 is 0 Å². The molecule has 2 heterocycles. The van der Waals surface area contributed by atoms with Gasteiger partial charge in [-0.15, -0.1) is 0 Å². The summed E-state index contributed by atoms with van der Waals surface area (Å²) in [5, 5.41) is 31.9. The Morgan fingerprint density at radius 2 is 1.62 bits per heavy atom. The molecule has 222 valence electrons. The number of nitrogen functional groups attached to an aromatic ring is 1. The molecule has 0 saturated carbocycles. The smallest absolute Gasteiger partial charge is 0.320 e. The van der Waals surface area contributed by atoms with E-state index >= 15 is 0 Å². The Balaban J connectivity index is 1.39. The summed E-state index contributed by atoms with van der Waals surface area (Å²) in [6.07, 6.45) is 0. The van der Waals surface area contributed by atoms with Crippen molar-refractivity contribution >= 4 is 28.9 Å². The zero-order valence-electron chi connectivity index (χ0n) is 23.3. The van der Waals surface area contributed by atoms with Gasteiger partial charge in [0.15, 0.2) is 17.0 Å². The Labute approximate surface area is 241 Å². The van der Waals surface area contributed by atoms with Gasteiger partial charge in [-0.05, 0) is 29.7 Å². The molecule has 14 heteroatoms. The van der Waals surface area contributed by atoms with Crippen molar-refractivity contribution in [3.8, 4) is 17.8 Å². The fourth-order valence-corrected chi connectivity index (χ4v) is 4.45. The summed E-state index contributed by atoms with van der Waals surface area (Å²) in [6.45, 7) is 3.05. The first-order valence-electron chi connectivity index (χ1n) is 13.1. The van der Waals surface area contributed by atoms with Gasteiger partial charge in [-0.3, -0.25) is 19.1 Å². The van der Waals surface area contributed by atoms with Gasteiger partial charge in [0, 0.05) is 25.2 Å². The zero-order chi connectivity index (χ0) is 30.2. The number of anilines is 1. The number of aliphatic carboxylic acids is 2. The summed E-state index contributed by atoms with van der Waals surface area (Å²) >= 11 is 0. The minimum absolute atomic E-state index is 0.102. The molecule has 0 bridgehead atoms. The van der Waals surface area contributed by atoms with Gasteiger partial charge in [0.25, 0.3) is 6.01 Å². The third-order valence-electron chi connectivity index (χ3n) is 6.34. The number of hydrogen-bond acceptors (Lipinski definition) is 11. The van der Waals surface area contributed by atoms with E-state index in [-0.39, 0.29) is 49.5 Å². The predicted octanol–water partition coefficient (Wildman–Crippen LogP) is 1.83. The third kappa shape index (κ3) is 7.62. The first kappa shape index (κ1) is 30.0. The van der Waals surface area contributed by atoms with Crippen molar-refractivity contribution in [3.63, 3.8) is 0 Å². The molecule has 0 amide bonds. The molecular weight excluding hydrogens is 546 g/mol. The highest BCUT2D eigenvalue weighted by Gasteiger charge is 2.19. The van der Waals surface area contributed by atoms with Crippen molar-refractivity contribution in [3.05, 3.63) is 64.7 Å². The van der Waals surface area contributed by atoms with Crippen LogP contribution in [0.2, 0.25) is 0 Å². The van der Waals surface area contributed by atoms with Crippen LogP contribution in [0, 0.1) is 0 Å². The number of carboxylic acids is 2. The molecule has 2 aromatic heterocycles. The molecule has 14 nitrogen and oxygen atoms in total. The Bertz CT molecular complexity index is 1540. The fraction of sp³-hybridized carbons (Fsp3) is 0.321. The number of carbonyl (C=O) groups is 2. The second-order valence-corrected chi connectivity index (χ2v) is 9.49. The van der Waals surface area contributed by atoms with Crippen molar-refractivity contribution in [1.82, 2.24) is 29.7 Å². The van der Waals surface area contributed by atoms with Crippen LogP contribution in [0.15, 0.2) is 42.5 Å². The molecule has 0 aliphatic heterocycles. The maximum absolute atomic E-state index is 11.0. The van der Waals surface area contributed by atoms with Gasteiger partial charge >= 0.3 is 17.9 Å². The molecule has 0 spiro atoms. The quantitative estimate of drug-likeness (QED) is 0.137. The number of nitrogens with one attached hydrogen (secondary N) is 1. The average molecular weight is 580 g/mol. The Morgan fingerprint density at radius 3 is 2.26 bits per heavy atom. The summed E-state index contributed by atoms with van der Waals surface area (Å²) in [5.74, 6) is -1.42. The van der Waals surface area contributed by atoms with E-state index < -0.39 is 11.9 Å². The number of nitrogens with zero attached hydrogens (tertiary/aromatic N) is 5. The molecule has 0 radical (unpaired) electrons. The summed E-state index contributed by atoms with van der Waals surface area (Å²) < 4.78 is 12.5. The van der Waals surface area contributed by atoms with Gasteiger partial charge in [-0.2, -0.15) is 15.0 Å². The second kappa shape index (κ2) is 13.6. The number of nitrogens with two attached hydrogens (primary N) is 1. The Kier molecular flexibility index (Phi) is 9.73. The van der Waals surface area contributed by atoms with Crippen LogP contribution in [0.4, 0.5) is 5.82 Å². The Hall–Kier alpha value is -4.95. The molecule has 0 fully saturated rings. The third-order valence-corrected chi connectivity index (χ3v) is 6.34. The molecule has 4 rings (SSSR count). The topological polar surface area (TPSA) is 198 Å². The number of carboxylic acid groups (broad SMARTS) is 2. The van der Waals surface area contributed by atoms with Crippen LogP contribution in [-0.4, -0.2) is 78.5 Å². The van der Waals surface area contributed by atoms with Gasteiger partial charge in [-0.25, -0.2) is 0 Å². The fourth-order valence-electron chi connectivity index (χ4n) is 4.45. The van der Waals surface area contributed by atoms with E-state index in [0.717, 1.165) is 22.3 Å². The van der Waals surface area contributed by atoms with E-state index in [9.17, 15) is 14.7 Å². The predicted molar refractivity (Wildman–Crippen MR) is 152 cm³/mol. The van der Waals surface area contributed by atoms with Crippen LogP contribution in [0.25, 0.3) is 11.2 Å². The standard InChI is InChI=1S/C28H33N7O7/c1-3-42-27-32-25(29)24-26(33-27)35(28(40)31-24)14-20-9-8-19(10-21(20)41-2)12-30-11-17-4-6-18(7-5-17)13-34(15-22(36)37)16-23(38)39/h4-10,30H,3,11-16H2,1-2H3,(H,31,40)(H,36,37)(H,38,39)(H2,29,32,33). The number of ether oxygens (including phenoxy) is 2. The van der Waals surface area contributed by atoms with E-state index in [1.54, 1.807) is 7.11 Å². The van der Waals surface area contributed by atoms with Crippen molar-refractivity contribution < 1.29 is 34.4 Å². The highest BCUT2D eigenvalue weighted by atomic mass is 16.5. The monoisotopic (exact) mass is 579 g/mol. The molecule has 0 saturated heterocycles. The summed E-state index contributed by atoms with van der Waals surface area (Å²) in [7, 11) is 1.57. The lowest BCUT2D eigenvalue weighted by atomic mass is 10.1. The number of rotatable bonds is 15.